The second kappa shape index (κ2) is 6.89. The van der Waals surface area contributed by atoms with Crippen LogP contribution >= 0.6 is 0 Å². The van der Waals surface area contributed by atoms with E-state index in [1.807, 2.05) is 44.2 Å². The number of hydrogen-bond donors (Lipinski definition) is 0. The van der Waals surface area contributed by atoms with E-state index < -0.39 is 10.2 Å². The van der Waals surface area contributed by atoms with Crippen LogP contribution < -0.4 is 0 Å². The minimum atomic E-state index is -3.42. The van der Waals surface area contributed by atoms with Crippen LogP contribution in [0, 0.1) is 5.92 Å². The zero-order chi connectivity index (χ0) is 16.3. The summed E-state index contributed by atoms with van der Waals surface area (Å²) in [4.78, 5) is 12.4. The van der Waals surface area contributed by atoms with Gasteiger partial charge in [-0.25, -0.2) is 0 Å². The van der Waals surface area contributed by atoms with Crippen LogP contribution in [0.2, 0.25) is 0 Å². The first-order valence-electron chi connectivity index (χ1n) is 7.66. The van der Waals surface area contributed by atoms with Crippen molar-refractivity contribution in [2.24, 2.45) is 5.92 Å². The summed E-state index contributed by atoms with van der Waals surface area (Å²) in [6, 6.07) is 9.15. The third-order valence-corrected chi connectivity index (χ3v) is 6.47. The Balaban J connectivity index is 2.00. The highest BCUT2D eigenvalue weighted by Crippen LogP contribution is 2.24. The van der Waals surface area contributed by atoms with Gasteiger partial charge in [-0.3, -0.25) is 4.79 Å². The van der Waals surface area contributed by atoms with Gasteiger partial charge in [-0.15, -0.1) is 0 Å². The first-order chi connectivity index (χ1) is 10.3. The molecule has 1 aliphatic heterocycles. The lowest BCUT2D eigenvalue weighted by Crippen LogP contribution is -2.48. The molecular formula is C16H24N2O3S. The van der Waals surface area contributed by atoms with Gasteiger partial charge in [-0.1, -0.05) is 30.3 Å². The Labute approximate surface area is 133 Å². The number of hydrogen-bond acceptors (Lipinski definition) is 3. The van der Waals surface area contributed by atoms with Gasteiger partial charge in [0.15, 0.2) is 5.78 Å². The average Bonchev–Trinajstić information content (AvgIpc) is 2.54. The fourth-order valence-corrected chi connectivity index (χ4v) is 4.20. The van der Waals surface area contributed by atoms with Gasteiger partial charge >= 0.3 is 0 Å². The normalized spacial score (nSPS) is 18.0. The molecule has 22 heavy (non-hydrogen) atoms. The van der Waals surface area contributed by atoms with Crippen LogP contribution in [0.4, 0.5) is 0 Å². The standard InChI is InChI=1S/C16H24N2O3S/c1-13(2)17(3)22(20,21)18-11-9-15(10-12-18)16(19)14-7-5-4-6-8-14/h4-8,13,15H,9-12H2,1-3H3. The predicted octanol–water partition coefficient (Wildman–Crippen LogP) is 2.17. The number of Topliss-reactive ketones (excluding diaryl/α,β-unsaturated/α-hetero) is 1. The highest BCUT2D eigenvalue weighted by Gasteiger charge is 2.34. The van der Waals surface area contributed by atoms with Crippen LogP contribution in [-0.2, 0) is 10.2 Å². The molecular weight excluding hydrogens is 300 g/mol. The minimum absolute atomic E-state index is 0.0753. The van der Waals surface area contributed by atoms with E-state index in [0.29, 0.717) is 31.5 Å². The van der Waals surface area contributed by atoms with Gasteiger partial charge in [0, 0.05) is 37.7 Å². The van der Waals surface area contributed by atoms with Crippen molar-refractivity contribution in [3.8, 4) is 0 Å². The largest absolute Gasteiger partial charge is 0.294 e. The van der Waals surface area contributed by atoms with Crippen LogP contribution in [0.25, 0.3) is 0 Å². The molecule has 1 aliphatic rings. The van der Waals surface area contributed by atoms with Crippen molar-refractivity contribution in [1.82, 2.24) is 8.61 Å². The van der Waals surface area contributed by atoms with Crippen LogP contribution in [0.3, 0.4) is 0 Å². The number of carbonyl (C=O) groups excluding carboxylic acids is 1. The van der Waals surface area contributed by atoms with Crippen molar-refractivity contribution < 1.29 is 13.2 Å². The molecule has 6 heteroatoms. The summed E-state index contributed by atoms with van der Waals surface area (Å²) in [6.45, 7) is 4.51. The molecule has 0 unspecified atom stereocenters. The molecule has 0 atom stereocenters. The zero-order valence-corrected chi connectivity index (χ0v) is 14.2. The maximum absolute atomic E-state index is 12.4. The van der Waals surface area contributed by atoms with E-state index in [1.54, 1.807) is 7.05 Å². The van der Waals surface area contributed by atoms with Gasteiger partial charge in [-0.05, 0) is 26.7 Å². The number of rotatable bonds is 5. The zero-order valence-electron chi connectivity index (χ0n) is 13.4. The number of nitrogens with zero attached hydrogens (tertiary/aromatic N) is 2. The third kappa shape index (κ3) is 3.56. The van der Waals surface area contributed by atoms with E-state index in [-0.39, 0.29) is 17.7 Å². The second-order valence-electron chi connectivity index (χ2n) is 6.02. The quantitative estimate of drug-likeness (QED) is 0.780. The first-order valence-corrected chi connectivity index (χ1v) is 9.06. The lowest BCUT2D eigenvalue weighted by Gasteiger charge is -2.34. The van der Waals surface area contributed by atoms with Crippen molar-refractivity contribution in [2.45, 2.75) is 32.7 Å². The maximum atomic E-state index is 12.4. The molecule has 5 nitrogen and oxygen atoms in total. The Morgan fingerprint density at radius 3 is 2.23 bits per heavy atom. The fraction of sp³-hybridized carbons (Fsp3) is 0.562. The lowest BCUT2D eigenvalue weighted by molar-refractivity contribution is 0.0873. The van der Waals surface area contributed by atoms with Gasteiger partial charge in [0.2, 0.25) is 0 Å². The van der Waals surface area contributed by atoms with Crippen molar-refractivity contribution in [1.29, 1.82) is 0 Å². The Hall–Kier alpha value is -1.24. The molecule has 0 radical (unpaired) electrons. The van der Waals surface area contributed by atoms with Crippen LogP contribution in [-0.4, -0.2) is 49.0 Å². The van der Waals surface area contributed by atoms with Crippen LogP contribution in [0.15, 0.2) is 30.3 Å². The van der Waals surface area contributed by atoms with Gasteiger partial charge < -0.3 is 0 Å². The maximum Gasteiger partial charge on any atom is 0.281 e. The van der Waals surface area contributed by atoms with Gasteiger partial charge in [0.1, 0.15) is 0 Å². The molecule has 1 saturated heterocycles. The first kappa shape index (κ1) is 17.1. The van der Waals surface area contributed by atoms with E-state index in [4.69, 9.17) is 0 Å². The van der Waals surface area contributed by atoms with Crippen molar-refractivity contribution in [2.75, 3.05) is 20.1 Å². The van der Waals surface area contributed by atoms with E-state index in [2.05, 4.69) is 0 Å². The SMILES string of the molecule is CC(C)N(C)S(=O)(=O)N1CCC(C(=O)c2ccccc2)CC1. The van der Waals surface area contributed by atoms with Gasteiger partial charge in [0.05, 0.1) is 0 Å². The average molecular weight is 324 g/mol. The van der Waals surface area contributed by atoms with E-state index >= 15 is 0 Å². The summed E-state index contributed by atoms with van der Waals surface area (Å²) in [6.07, 6.45) is 1.16. The van der Waals surface area contributed by atoms with E-state index in [1.165, 1.54) is 8.61 Å². The molecule has 1 aromatic carbocycles. The Kier molecular flexibility index (Phi) is 5.36. The van der Waals surface area contributed by atoms with E-state index in [9.17, 15) is 13.2 Å². The minimum Gasteiger partial charge on any atom is -0.294 e. The Bertz CT molecular complexity index is 606. The lowest BCUT2D eigenvalue weighted by atomic mass is 9.90. The number of ketones is 1. The summed E-state index contributed by atoms with van der Waals surface area (Å²) >= 11 is 0. The molecule has 0 aliphatic carbocycles. The monoisotopic (exact) mass is 324 g/mol. The number of piperidine rings is 1. The summed E-state index contributed by atoms with van der Waals surface area (Å²) < 4.78 is 27.8. The molecule has 0 saturated carbocycles. The van der Waals surface area contributed by atoms with E-state index in [0.717, 1.165) is 0 Å². The molecule has 1 aromatic rings. The highest BCUT2D eigenvalue weighted by molar-refractivity contribution is 7.86. The molecule has 1 heterocycles. The smallest absolute Gasteiger partial charge is 0.281 e. The molecule has 1 fully saturated rings. The van der Waals surface area contributed by atoms with Crippen LogP contribution in [0.1, 0.15) is 37.0 Å². The number of benzene rings is 1. The molecule has 0 bridgehead atoms. The topological polar surface area (TPSA) is 57.7 Å². The van der Waals surface area contributed by atoms with Gasteiger partial charge in [0.25, 0.3) is 10.2 Å². The summed E-state index contributed by atoms with van der Waals surface area (Å²) in [7, 11) is -1.82. The molecule has 0 spiro atoms. The predicted molar refractivity (Wildman–Crippen MR) is 86.9 cm³/mol. The van der Waals surface area contributed by atoms with Crippen LogP contribution in [0.5, 0.6) is 0 Å². The third-order valence-electron chi connectivity index (χ3n) is 4.30. The Morgan fingerprint density at radius 2 is 1.73 bits per heavy atom. The summed E-state index contributed by atoms with van der Waals surface area (Å²) in [5.41, 5.74) is 0.711. The fourth-order valence-electron chi connectivity index (χ4n) is 2.64. The highest BCUT2D eigenvalue weighted by atomic mass is 32.2. The van der Waals surface area contributed by atoms with Gasteiger partial charge in [-0.2, -0.15) is 17.0 Å². The summed E-state index contributed by atoms with van der Waals surface area (Å²) in [5, 5.41) is 0. The molecule has 0 N–H and O–H groups in total. The Morgan fingerprint density at radius 1 is 1.18 bits per heavy atom. The van der Waals surface area contributed by atoms with Crippen molar-refractivity contribution in [3.63, 3.8) is 0 Å². The molecule has 0 aromatic heterocycles. The second-order valence-corrected chi connectivity index (χ2v) is 8.01. The van der Waals surface area contributed by atoms with Crippen molar-refractivity contribution in [3.05, 3.63) is 35.9 Å². The molecule has 2 rings (SSSR count). The summed E-state index contributed by atoms with van der Waals surface area (Å²) in [5.74, 6) is 0.0352. The molecule has 122 valence electrons. The van der Waals surface area contributed by atoms with Crippen molar-refractivity contribution >= 4 is 16.0 Å². The molecule has 0 amide bonds. The number of carbonyl (C=O) groups is 1.